The van der Waals surface area contributed by atoms with E-state index in [0.29, 0.717) is 24.4 Å². The molecule has 4 aromatic rings. The minimum Gasteiger partial charge on any atom is -0.494 e. The van der Waals surface area contributed by atoms with Gasteiger partial charge in [0.05, 0.1) is 17.5 Å². The third-order valence-corrected chi connectivity index (χ3v) is 7.04. The predicted octanol–water partition coefficient (Wildman–Crippen LogP) is 7.74. The van der Waals surface area contributed by atoms with Gasteiger partial charge < -0.3 is 4.74 Å². The lowest BCUT2D eigenvalue weighted by Crippen LogP contribution is -2.23. The summed E-state index contributed by atoms with van der Waals surface area (Å²) in [5.41, 5.74) is 3.75. The zero-order valence-corrected chi connectivity index (χ0v) is 21.8. The van der Waals surface area contributed by atoms with Crippen LogP contribution in [-0.2, 0) is 6.54 Å². The first-order chi connectivity index (χ1) is 16.4. The van der Waals surface area contributed by atoms with Crippen LogP contribution >= 0.6 is 27.5 Å². The van der Waals surface area contributed by atoms with Crippen LogP contribution in [0.1, 0.15) is 36.8 Å². The maximum absolute atomic E-state index is 13.3. The van der Waals surface area contributed by atoms with Crippen LogP contribution < -0.4 is 10.3 Å². The molecule has 0 aliphatic rings. The Labute approximate surface area is 213 Å². The Hall–Kier alpha value is -2.63. The molecule has 3 aromatic carbocycles. The molecule has 0 aliphatic heterocycles. The monoisotopic (exact) mass is 538 g/mol. The minimum absolute atomic E-state index is 0.0142. The van der Waals surface area contributed by atoms with Crippen molar-refractivity contribution in [1.82, 2.24) is 9.55 Å². The highest BCUT2D eigenvalue weighted by atomic mass is 79.9. The lowest BCUT2D eigenvalue weighted by Gasteiger charge is -2.14. The largest absolute Gasteiger partial charge is 0.494 e. The predicted molar refractivity (Wildman–Crippen MR) is 144 cm³/mol. The molecule has 34 heavy (non-hydrogen) atoms. The maximum atomic E-state index is 13.3. The van der Waals surface area contributed by atoms with Gasteiger partial charge in [-0.15, -0.1) is 0 Å². The van der Waals surface area contributed by atoms with Gasteiger partial charge in [-0.25, -0.2) is 4.98 Å². The van der Waals surface area contributed by atoms with Gasteiger partial charge in [-0.05, 0) is 74.2 Å². The average Bonchev–Trinajstić information content (AvgIpc) is 2.83. The Morgan fingerprint density at radius 2 is 1.62 bits per heavy atom. The van der Waals surface area contributed by atoms with Crippen LogP contribution in [0.5, 0.6) is 5.75 Å². The van der Waals surface area contributed by atoms with Crippen LogP contribution in [0.3, 0.4) is 0 Å². The number of aromatic nitrogens is 2. The number of aryl methyl sites for hydroxylation is 2. The van der Waals surface area contributed by atoms with Gasteiger partial charge in [0, 0.05) is 21.6 Å². The first-order valence-electron chi connectivity index (χ1n) is 11.6. The Morgan fingerprint density at radius 3 is 2.35 bits per heavy atom. The van der Waals surface area contributed by atoms with Crippen LogP contribution in [0.4, 0.5) is 0 Å². The molecule has 0 bridgehead atoms. The summed E-state index contributed by atoms with van der Waals surface area (Å²) in [4.78, 5) is 18.1. The highest BCUT2D eigenvalue weighted by Gasteiger charge is 2.12. The highest BCUT2D eigenvalue weighted by Crippen LogP contribution is 2.26. The van der Waals surface area contributed by atoms with Crippen molar-refractivity contribution in [2.45, 2.75) is 46.1 Å². The van der Waals surface area contributed by atoms with E-state index in [1.807, 2.05) is 79.1 Å². The SMILES string of the molecule is Cc1cc(OCCCCCCn2c(-c3ccc(Br)cc3)nc3ccccc3c2=O)cc(C)c1Cl. The molecule has 0 fully saturated rings. The topological polar surface area (TPSA) is 44.1 Å². The number of para-hydroxylation sites is 1. The maximum Gasteiger partial charge on any atom is 0.261 e. The molecule has 0 spiro atoms. The summed E-state index contributed by atoms with van der Waals surface area (Å²) in [6, 6.07) is 19.5. The van der Waals surface area contributed by atoms with Gasteiger partial charge >= 0.3 is 0 Å². The van der Waals surface area contributed by atoms with Crippen LogP contribution in [0.15, 0.2) is 69.9 Å². The summed E-state index contributed by atoms with van der Waals surface area (Å²) >= 11 is 9.72. The average molecular weight is 540 g/mol. The zero-order valence-electron chi connectivity index (χ0n) is 19.5. The summed E-state index contributed by atoms with van der Waals surface area (Å²) in [6.45, 7) is 5.29. The number of hydrogen-bond donors (Lipinski definition) is 0. The molecular weight excluding hydrogens is 512 g/mol. The molecule has 176 valence electrons. The number of ether oxygens (including phenoxy) is 1. The van der Waals surface area contributed by atoms with Gasteiger partial charge in [0.25, 0.3) is 5.56 Å². The number of nitrogens with zero attached hydrogens (tertiary/aromatic N) is 2. The Balaban J connectivity index is 1.38. The van der Waals surface area contributed by atoms with Crippen LogP contribution in [0.25, 0.3) is 22.3 Å². The fraction of sp³-hybridized carbons (Fsp3) is 0.286. The number of unbranched alkanes of at least 4 members (excludes halogenated alkanes) is 3. The van der Waals surface area contributed by atoms with Gasteiger partial charge in [0.2, 0.25) is 0 Å². The molecule has 0 saturated heterocycles. The molecule has 1 aromatic heterocycles. The van der Waals surface area contributed by atoms with Crippen molar-refractivity contribution in [3.63, 3.8) is 0 Å². The first kappa shape index (κ1) is 24.5. The van der Waals surface area contributed by atoms with Crippen LogP contribution in [0, 0.1) is 13.8 Å². The molecule has 0 radical (unpaired) electrons. The van der Waals surface area contributed by atoms with Crippen LogP contribution in [-0.4, -0.2) is 16.2 Å². The van der Waals surface area contributed by atoms with Gasteiger partial charge in [-0.1, -0.05) is 64.6 Å². The molecule has 4 rings (SSSR count). The number of benzene rings is 3. The fourth-order valence-electron chi connectivity index (χ4n) is 4.10. The molecule has 0 amide bonds. The van der Waals surface area contributed by atoms with E-state index < -0.39 is 0 Å². The smallest absolute Gasteiger partial charge is 0.261 e. The summed E-state index contributed by atoms with van der Waals surface area (Å²) in [7, 11) is 0. The van der Waals surface area contributed by atoms with Crippen molar-refractivity contribution in [3.05, 3.63) is 91.6 Å². The second kappa shape index (κ2) is 11.2. The first-order valence-corrected chi connectivity index (χ1v) is 12.8. The summed E-state index contributed by atoms with van der Waals surface area (Å²) in [5, 5.41) is 1.46. The van der Waals surface area contributed by atoms with Crippen molar-refractivity contribution in [1.29, 1.82) is 0 Å². The molecule has 6 heteroatoms. The van der Waals surface area contributed by atoms with E-state index in [4.69, 9.17) is 21.3 Å². The minimum atomic E-state index is 0.0142. The third kappa shape index (κ3) is 5.70. The van der Waals surface area contributed by atoms with Gasteiger partial charge in [-0.2, -0.15) is 0 Å². The van der Waals surface area contributed by atoms with Gasteiger partial charge in [-0.3, -0.25) is 9.36 Å². The summed E-state index contributed by atoms with van der Waals surface area (Å²) in [5.74, 6) is 1.58. The van der Waals surface area contributed by atoms with E-state index in [1.54, 1.807) is 0 Å². The van der Waals surface area contributed by atoms with E-state index in [1.165, 1.54) is 0 Å². The van der Waals surface area contributed by atoms with E-state index >= 15 is 0 Å². The fourth-order valence-corrected chi connectivity index (χ4v) is 4.47. The highest BCUT2D eigenvalue weighted by molar-refractivity contribution is 9.10. The number of halogens is 2. The van der Waals surface area contributed by atoms with Gasteiger partial charge in [0.15, 0.2) is 0 Å². The molecule has 0 saturated carbocycles. The molecule has 4 nitrogen and oxygen atoms in total. The standard InChI is InChI=1S/C28H28BrClN2O2/c1-19-17-23(18-20(2)26(19)30)34-16-8-4-3-7-15-32-27(21-11-13-22(29)14-12-21)31-25-10-6-5-9-24(25)28(32)33/h5-6,9-14,17-18H,3-4,7-8,15-16H2,1-2H3. The molecule has 0 aliphatic carbocycles. The second-order valence-electron chi connectivity index (χ2n) is 8.55. The van der Waals surface area contributed by atoms with E-state index in [-0.39, 0.29) is 5.56 Å². The van der Waals surface area contributed by atoms with Crippen molar-refractivity contribution in [2.75, 3.05) is 6.61 Å². The Kier molecular flexibility index (Phi) is 8.07. The molecule has 1 heterocycles. The molecule has 0 N–H and O–H groups in total. The number of hydrogen-bond acceptors (Lipinski definition) is 3. The summed E-state index contributed by atoms with van der Waals surface area (Å²) in [6.07, 6.45) is 3.92. The number of rotatable bonds is 9. The molecular formula is C28H28BrClN2O2. The van der Waals surface area contributed by atoms with Crippen molar-refractivity contribution in [2.24, 2.45) is 0 Å². The summed E-state index contributed by atoms with van der Waals surface area (Å²) < 4.78 is 8.73. The number of fused-ring (bicyclic) bond motifs is 1. The third-order valence-electron chi connectivity index (χ3n) is 5.92. The zero-order chi connectivity index (χ0) is 24.1. The lowest BCUT2D eigenvalue weighted by molar-refractivity contribution is 0.303. The van der Waals surface area contributed by atoms with E-state index in [9.17, 15) is 4.79 Å². The van der Waals surface area contributed by atoms with Crippen molar-refractivity contribution in [3.8, 4) is 17.1 Å². The second-order valence-corrected chi connectivity index (χ2v) is 9.84. The normalized spacial score (nSPS) is 11.2. The quantitative estimate of drug-likeness (QED) is 0.204. The van der Waals surface area contributed by atoms with Gasteiger partial charge in [0.1, 0.15) is 11.6 Å². The molecule has 0 unspecified atom stereocenters. The Bertz CT molecular complexity index is 1330. The van der Waals surface area contributed by atoms with Crippen molar-refractivity contribution >= 4 is 38.4 Å². The van der Waals surface area contributed by atoms with E-state index in [0.717, 1.165) is 63.1 Å². The lowest BCUT2D eigenvalue weighted by atomic mass is 10.1. The van der Waals surface area contributed by atoms with Crippen LogP contribution in [0.2, 0.25) is 5.02 Å². The molecule has 0 atom stereocenters. The Morgan fingerprint density at radius 1 is 0.941 bits per heavy atom. The van der Waals surface area contributed by atoms with E-state index in [2.05, 4.69) is 15.9 Å². The van der Waals surface area contributed by atoms with Crippen molar-refractivity contribution < 1.29 is 4.74 Å².